The molecule has 0 aromatic carbocycles. The smallest absolute Gasteiger partial charge is 0.339 e. The van der Waals surface area contributed by atoms with Crippen molar-refractivity contribution in [1.82, 2.24) is 10.3 Å². The Morgan fingerprint density at radius 3 is 3.06 bits per heavy atom. The van der Waals surface area contributed by atoms with Crippen molar-refractivity contribution in [3.63, 3.8) is 0 Å². The van der Waals surface area contributed by atoms with E-state index < -0.39 is 0 Å². The van der Waals surface area contributed by atoms with Crippen molar-refractivity contribution in [2.75, 3.05) is 13.7 Å². The summed E-state index contributed by atoms with van der Waals surface area (Å²) < 4.78 is 4.74. The Labute approximate surface area is 108 Å². The highest BCUT2D eigenvalue weighted by Crippen LogP contribution is 2.28. The van der Waals surface area contributed by atoms with Crippen LogP contribution in [0, 0.1) is 5.92 Å². The van der Waals surface area contributed by atoms with Gasteiger partial charge in [0.1, 0.15) is 0 Å². The van der Waals surface area contributed by atoms with E-state index in [0.29, 0.717) is 12.1 Å². The van der Waals surface area contributed by atoms with Gasteiger partial charge in [0.15, 0.2) is 0 Å². The van der Waals surface area contributed by atoms with E-state index in [0.717, 1.165) is 18.2 Å². The zero-order chi connectivity index (χ0) is 12.8. The monoisotopic (exact) mass is 248 g/mol. The summed E-state index contributed by atoms with van der Waals surface area (Å²) in [6, 6.07) is 3.51. The van der Waals surface area contributed by atoms with E-state index >= 15 is 0 Å². The minimum Gasteiger partial charge on any atom is -0.465 e. The number of ether oxygens (including phenoxy) is 1. The second-order valence-corrected chi connectivity index (χ2v) is 4.75. The first-order valence-electron chi connectivity index (χ1n) is 6.54. The van der Waals surface area contributed by atoms with E-state index in [1.165, 1.54) is 32.8 Å². The standard InChI is InChI=1S/C14H20N2O2/c1-18-14(17)12-6-3-8-16-13(12)10-15-9-7-11-4-2-5-11/h3,6,8,11,15H,2,4-5,7,9-10H2,1H3. The van der Waals surface area contributed by atoms with Crippen LogP contribution in [0.4, 0.5) is 0 Å². The number of carbonyl (C=O) groups is 1. The Kier molecular flexibility index (Phi) is 4.70. The average Bonchev–Trinajstić information content (AvgIpc) is 2.36. The molecule has 1 saturated carbocycles. The first-order valence-corrected chi connectivity index (χ1v) is 6.54. The molecule has 18 heavy (non-hydrogen) atoms. The summed E-state index contributed by atoms with van der Waals surface area (Å²) >= 11 is 0. The van der Waals surface area contributed by atoms with Gasteiger partial charge in [0.05, 0.1) is 18.4 Å². The molecule has 1 N–H and O–H groups in total. The molecule has 0 saturated heterocycles. The number of hydrogen-bond donors (Lipinski definition) is 1. The van der Waals surface area contributed by atoms with Gasteiger partial charge in [0.25, 0.3) is 0 Å². The molecule has 4 nitrogen and oxygen atoms in total. The highest BCUT2D eigenvalue weighted by Gasteiger charge is 2.16. The van der Waals surface area contributed by atoms with Gasteiger partial charge in [-0.1, -0.05) is 19.3 Å². The zero-order valence-electron chi connectivity index (χ0n) is 10.8. The Bertz CT molecular complexity index is 403. The van der Waals surface area contributed by atoms with E-state index in [2.05, 4.69) is 10.3 Å². The normalized spacial score (nSPS) is 15.2. The van der Waals surface area contributed by atoms with Gasteiger partial charge >= 0.3 is 5.97 Å². The summed E-state index contributed by atoms with van der Waals surface area (Å²) in [5.74, 6) is 0.584. The number of nitrogens with one attached hydrogen (secondary N) is 1. The van der Waals surface area contributed by atoms with Crippen LogP contribution in [0.2, 0.25) is 0 Å². The van der Waals surface area contributed by atoms with Crippen molar-refractivity contribution in [2.24, 2.45) is 5.92 Å². The lowest BCUT2D eigenvalue weighted by Gasteiger charge is -2.25. The predicted molar refractivity (Wildman–Crippen MR) is 69.2 cm³/mol. The number of methoxy groups -OCH3 is 1. The van der Waals surface area contributed by atoms with E-state index in [-0.39, 0.29) is 5.97 Å². The molecule has 1 fully saturated rings. The molecule has 0 atom stereocenters. The molecule has 0 unspecified atom stereocenters. The van der Waals surface area contributed by atoms with Gasteiger partial charge in [0, 0.05) is 12.7 Å². The highest BCUT2D eigenvalue weighted by molar-refractivity contribution is 5.90. The maximum Gasteiger partial charge on any atom is 0.339 e. The number of carbonyl (C=O) groups excluding carboxylic acids is 1. The third kappa shape index (κ3) is 3.29. The maximum absolute atomic E-state index is 11.5. The van der Waals surface area contributed by atoms with Crippen molar-refractivity contribution in [3.05, 3.63) is 29.6 Å². The fourth-order valence-electron chi connectivity index (χ4n) is 2.17. The van der Waals surface area contributed by atoms with Crippen molar-refractivity contribution in [2.45, 2.75) is 32.2 Å². The fourth-order valence-corrected chi connectivity index (χ4v) is 2.17. The summed E-state index contributed by atoms with van der Waals surface area (Å²) in [5, 5.41) is 3.35. The predicted octanol–water partition coefficient (Wildman–Crippen LogP) is 2.15. The fraction of sp³-hybridized carbons (Fsp3) is 0.571. The second kappa shape index (κ2) is 6.50. The lowest BCUT2D eigenvalue weighted by molar-refractivity contribution is 0.0598. The van der Waals surface area contributed by atoms with Crippen molar-refractivity contribution in [1.29, 1.82) is 0 Å². The number of esters is 1. The van der Waals surface area contributed by atoms with Gasteiger partial charge in [-0.25, -0.2) is 4.79 Å². The van der Waals surface area contributed by atoms with E-state index in [4.69, 9.17) is 4.74 Å². The molecular formula is C14H20N2O2. The van der Waals surface area contributed by atoms with Crippen LogP contribution in [0.5, 0.6) is 0 Å². The van der Waals surface area contributed by atoms with Crippen LogP contribution in [0.25, 0.3) is 0 Å². The summed E-state index contributed by atoms with van der Waals surface area (Å²) in [5.41, 5.74) is 1.31. The van der Waals surface area contributed by atoms with Crippen molar-refractivity contribution < 1.29 is 9.53 Å². The summed E-state index contributed by atoms with van der Waals surface area (Å²) in [6.45, 7) is 1.61. The summed E-state index contributed by atoms with van der Waals surface area (Å²) in [4.78, 5) is 15.8. The third-order valence-electron chi connectivity index (χ3n) is 3.54. The number of rotatable bonds is 6. The molecule has 0 amide bonds. The Hall–Kier alpha value is -1.42. The number of hydrogen-bond acceptors (Lipinski definition) is 4. The van der Waals surface area contributed by atoms with Crippen LogP contribution >= 0.6 is 0 Å². The first kappa shape index (κ1) is 13.0. The second-order valence-electron chi connectivity index (χ2n) is 4.75. The molecule has 2 rings (SSSR count). The average molecular weight is 248 g/mol. The number of nitrogens with zero attached hydrogens (tertiary/aromatic N) is 1. The topological polar surface area (TPSA) is 51.2 Å². The van der Waals surface area contributed by atoms with E-state index in [9.17, 15) is 4.79 Å². The van der Waals surface area contributed by atoms with Crippen LogP contribution in [0.15, 0.2) is 18.3 Å². The molecule has 98 valence electrons. The molecule has 4 heteroatoms. The van der Waals surface area contributed by atoms with Crippen LogP contribution in [-0.4, -0.2) is 24.6 Å². The van der Waals surface area contributed by atoms with Crippen LogP contribution in [0.3, 0.4) is 0 Å². The van der Waals surface area contributed by atoms with E-state index in [1.54, 1.807) is 18.3 Å². The van der Waals surface area contributed by atoms with Crippen molar-refractivity contribution in [3.8, 4) is 0 Å². The van der Waals surface area contributed by atoms with E-state index in [1.807, 2.05) is 0 Å². The Balaban J connectivity index is 1.82. The maximum atomic E-state index is 11.5. The third-order valence-corrected chi connectivity index (χ3v) is 3.54. The van der Waals surface area contributed by atoms with Crippen molar-refractivity contribution >= 4 is 5.97 Å². The zero-order valence-corrected chi connectivity index (χ0v) is 10.8. The first-order chi connectivity index (χ1) is 8.81. The Morgan fingerprint density at radius 1 is 1.56 bits per heavy atom. The van der Waals surface area contributed by atoms with Gasteiger partial charge in [-0.2, -0.15) is 0 Å². The minimum absolute atomic E-state index is 0.320. The molecule has 0 aliphatic heterocycles. The van der Waals surface area contributed by atoms with Gasteiger partial charge < -0.3 is 10.1 Å². The minimum atomic E-state index is -0.320. The molecule has 1 aromatic rings. The van der Waals surface area contributed by atoms with Crippen LogP contribution in [0.1, 0.15) is 41.7 Å². The molecule has 0 spiro atoms. The van der Waals surface area contributed by atoms with Gasteiger partial charge in [-0.3, -0.25) is 4.98 Å². The van der Waals surface area contributed by atoms with Gasteiger partial charge in [-0.15, -0.1) is 0 Å². The molecular weight excluding hydrogens is 228 g/mol. The molecule has 0 bridgehead atoms. The largest absolute Gasteiger partial charge is 0.465 e. The van der Waals surface area contributed by atoms with Crippen LogP contribution < -0.4 is 5.32 Å². The Morgan fingerprint density at radius 2 is 2.39 bits per heavy atom. The molecule has 1 aliphatic carbocycles. The highest BCUT2D eigenvalue weighted by atomic mass is 16.5. The van der Waals surface area contributed by atoms with Gasteiger partial charge in [0.2, 0.25) is 0 Å². The molecule has 1 heterocycles. The molecule has 1 aliphatic rings. The lowest BCUT2D eigenvalue weighted by atomic mass is 9.83. The number of pyridine rings is 1. The summed E-state index contributed by atoms with van der Waals surface area (Å²) in [7, 11) is 1.39. The SMILES string of the molecule is COC(=O)c1cccnc1CNCCC1CCC1. The number of aromatic nitrogens is 1. The molecule has 1 aromatic heterocycles. The lowest BCUT2D eigenvalue weighted by Crippen LogP contribution is -2.22. The van der Waals surface area contributed by atoms with Crippen LogP contribution in [-0.2, 0) is 11.3 Å². The summed E-state index contributed by atoms with van der Waals surface area (Å²) in [6.07, 6.45) is 7.06. The van der Waals surface area contributed by atoms with Gasteiger partial charge in [-0.05, 0) is 31.0 Å². The quantitative estimate of drug-likeness (QED) is 0.619. The molecule has 0 radical (unpaired) electrons.